The van der Waals surface area contributed by atoms with E-state index in [9.17, 15) is 24.8 Å². The Labute approximate surface area is 151 Å². The number of phenolic OH excluding ortho intramolecular Hbond substituents is 1. The van der Waals surface area contributed by atoms with Gasteiger partial charge in [-0.05, 0) is 30.3 Å². The number of ether oxygens (including phenoxy) is 1. The van der Waals surface area contributed by atoms with Crippen LogP contribution in [0.5, 0.6) is 5.75 Å². The first-order valence-corrected chi connectivity index (χ1v) is 7.43. The topological polar surface area (TPSA) is 119 Å². The molecule has 8 nitrogen and oxygen atoms in total. The molecule has 0 heterocycles. The second-order valence-corrected chi connectivity index (χ2v) is 5.58. The van der Waals surface area contributed by atoms with Crippen LogP contribution in [0.4, 0.5) is 11.4 Å². The van der Waals surface area contributed by atoms with Gasteiger partial charge in [0, 0.05) is 16.1 Å². The van der Waals surface area contributed by atoms with Gasteiger partial charge < -0.3 is 15.2 Å². The number of nitrogens with one attached hydrogen (secondary N) is 1. The Morgan fingerprint density at radius 1 is 1.16 bits per heavy atom. The predicted octanol–water partition coefficient (Wildman–Crippen LogP) is 3.40. The van der Waals surface area contributed by atoms with Gasteiger partial charge in [-0.3, -0.25) is 14.9 Å². The molecule has 2 rings (SSSR count). The third kappa shape index (κ3) is 4.82. The molecule has 0 fully saturated rings. The quantitative estimate of drug-likeness (QED) is 0.463. The first-order chi connectivity index (χ1) is 11.8. The van der Waals surface area contributed by atoms with Gasteiger partial charge in [-0.2, -0.15) is 0 Å². The summed E-state index contributed by atoms with van der Waals surface area (Å²) in [5.41, 5.74) is -0.665. The summed E-state index contributed by atoms with van der Waals surface area (Å²) < 4.78 is 4.76. The van der Waals surface area contributed by atoms with Crippen LogP contribution in [0.1, 0.15) is 10.4 Å². The third-order valence-electron chi connectivity index (χ3n) is 2.94. The number of nitro groups is 1. The first kappa shape index (κ1) is 18.5. The number of rotatable bonds is 5. The molecule has 2 N–H and O–H groups in total. The molecule has 0 bridgehead atoms. The maximum absolute atomic E-state index is 11.8. The van der Waals surface area contributed by atoms with E-state index in [0.717, 1.165) is 12.1 Å². The maximum Gasteiger partial charge on any atom is 0.342 e. The van der Waals surface area contributed by atoms with E-state index in [1.807, 2.05) is 0 Å². The van der Waals surface area contributed by atoms with Gasteiger partial charge in [-0.1, -0.05) is 23.2 Å². The average Bonchev–Trinajstić information content (AvgIpc) is 2.54. The van der Waals surface area contributed by atoms with Crippen molar-refractivity contribution in [2.75, 3.05) is 11.9 Å². The van der Waals surface area contributed by atoms with E-state index >= 15 is 0 Å². The summed E-state index contributed by atoms with van der Waals surface area (Å²) in [5, 5.41) is 23.2. The van der Waals surface area contributed by atoms with E-state index in [1.54, 1.807) is 0 Å². The lowest BCUT2D eigenvalue weighted by molar-refractivity contribution is -0.383. The number of amides is 1. The molecule has 0 saturated carbocycles. The lowest BCUT2D eigenvalue weighted by atomic mass is 10.2. The number of benzene rings is 2. The van der Waals surface area contributed by atoms with Crippen molar-refractivity contribution >= 4 is 46.5 Å². The van der Waals surface area contributed by atoms with Gasteiger partial charge >= 0.3 is 5.97 Å². The molecular weight excluding hydrogens is 375 g/mol. The van der Waals surface area contributed by atoms with Crippen LogP contribution in [-0.2, 0) is 9.53 Å². The van der Waals surface area contributed by atoms with Crippen LogP contribution in [0.2, 0.25) is 10.0 Å². The van der Waals surface area contributed by atoms with Gasteiger partial charge in [-0.25, -0.2) is 4.79 Å². The van der Waals surface area contributed by atoms with Gasteiger partial charge in [-0.15, -0.1) is 0 Å². The Balaban J connectivity index is 2.01. The van der Waals surface area contributed by atoms with Gasteiger partial charge in [0.2, 0.25) is 0 Å². The second-order valence-electron chi connectivity index (χ2n) is 4.70. The molecule has 0 atom stereocenters. The monoisotopic (exact) mass is 384 g/mol. The molecule has 0 aliphatic heterocycles. The fraction of sp³-hybridized carbons (Fsp3) is 0.0667. The zero-order valence-corrected chi connectivity index (χ0v) is 13.9. The molecule has 0 spiro atoms. The third-order valence-corrected chi connectivity index (χ3v) is 3.41. The molecule has 0 radical (unpaired) electrons. The Kier molecular flexibility index (Phi) is 5.79. The minimum atomic E-state index is -0.949. The molecule has 130 valence electrons. The number of carbonyl (C=O) groups excluding carboxylic acids is 2. The molecule has 0 saturated heterocycles. The molecule has 0 aromatic heterocycles. The minimum absolute atomic E-state index is 0.0928. The van der Waals surface area contributed by atoms with Crippen LogP contribution in [0.25, 0.3) is 0 Å². The van der Waals surface area contributed by atoms with Crippen molar-refractivity contribution < 1.29 is 24.4 Å². The van der Waals surface area contributed by atoms with Crippen LogP contribution in [0.15, 0.2) is 36.4 Å². The standard InChI is InChI=1S/C15H10Cl2N2O6/c16-8-2-4-11(12(5-8)19(23)24)18-14(21)7-25-15(22)10-3-1-9(17)6-13(10)20/h1-6,20H,7H2,(H,18,21). The summed E-state index contributed by atoms with van der Waals surface area (Å²) >= 11 is 11.3. The summed E-state index contributed by atoms with van der Waals surface area (Å²) in [4.78, 5) is 33.9. The molecule has 0 unspecified atom stereocenters. The number of hydrogen-bond donors (Lipinski definition) is 2. The maximum atomic E-state index is 11.8. The molecule has 2 aromatic carbocycles. The molecule has 0 aliphatic carbocycles. The number of carbonyl (C=O) groups is 2. The van der Waals surface area contributed by atoms with E-state index in [2.05, 4.69) is 5.32 Å². The predicted molar refractivity (Wildman–Crippen MR) is 90.1 cm³/mol. The molecule has 2 aromatic rings. The highest BCUT2D eigenvalue weighted by Gasteiger charge is 2.18. The fourth-order valence-electron chi connectivity index (χ4n) is 1.83. The Bertz CT molecular complexity index is 856. The van der Waals surface area contributed by atoms with Crippen molar-refractivity contribution in [3.8, 4) is 5.75 Å². The van der Waals surface area contributed by atoms with Crippen LogP contribution in [-0.4, -0.2) is 28.5 Å². The van der Waals surface area contributed by atoms with Gasteiger partial charge in [0.25, 0.3) is 11.6 Å². The molecule has 1 amide bonds. The lowest BCUT2D eigenvalue weighted by Gasteiger charge is -2.08. The number of nitrogens with zero attached hydrogens (tertiary/aromatic N) is 1. The number of anilines is 1. The summed E-state index contributed by atoms with van der Waals surface area (Å²) in [6, 6.07) is 7.45. The largest absolute Gasteiger partial charge is 0.507 e. The smallest absolute Gasteiger partial charge is 0.342 e. The highest BCUT2D eigenvalue weighted by molar-refractivity contribution is 6.31. The molecule has 10 heteroatoms. The SMILES string of the molecule is O=C(COC(=O)c1ccc(Cl)cc1O)Nc1ccc(Cl)cc1[N+](=O)[O-]. The second kappa shape index (κ2) is 7.82. The fourth-order valence-corrected chi connectivity index (χ4v) is 2.17. The summed E-state index contributed by atoms with van der Waals surface area (Å²) in [6.07, 6.45) is 0. The zero-order chi connectivity index (χ0) is 18.6. The van der Waals surface area contributed by atoms with Crippen molar-refractivity contribution in [2.24, 2.45) is 0 Å². The zero-order valence-electron chi connectivity index (χ0n) is 12.4. The highest BCUT2D eigenvalue weighted by Crippen LogP contribution is 2.27. The van der Waals surface area contributed by atoms with E-state index in [4.69, 9.17) is 27.9 Å². The van der Waals surface area contributed by atoms with Crippen molar-refractivity contribution in [1.82, 2.24) is 0 Å². The van der Waals surface area contributed by atoms with Gasteiger partial charge in [0.1, 0.15) is 17.0 Å². The Hall–Kier alpha value is -2.84. The van der Waals surface area contributed by atoms with Crippen LogP contribution in [0, 0.1) is 10.1 Å². The van der Waals surface area contributed by atoms with Crippen LogP contribution < -0.4 is 5.32 Å². The van der Waals surface area contributed by atoms with Crippen molar-refractivity contribution in [2.45, 2.75) is 0 Å². The number of hydrogen-bond acceptors (Lipinski definition) is 6. The van der Waals surface area contributed by atoms with Crippen molar-refractivity contribution in [1.29, 1.82) is 0 Å². The highest BCUT2D eigenvalue weighted by atomic mass is 35.5. The van der Waals surface area contributed by atoms with E-state index in [-0.39, 0.29) is 21.3 Å². The lowest BCUT2D eigenvalue weighted by Crippen LogP contribution is -2.21. The van der Waals surface area contributed by atoms with Crippen molar-refractivity contribution in [3.05, 3.63) is 62.1 Å². The molecular formula is C15H10Cl2N2O6. The first-order valence-electron chi connectivity index (χ1n) is 6.67. The minimum Gasteiger partial charge on any atom is -0.507 e. The van der Waals surface area contributed by atoms with Gasteiger partial charge in [0.05, 0.1) is 4.92 Å². The van der Waals surface area contributed by atoms with Crippen LogP contribution in [0.3, 0.4) is 0 Å². The van der Waals surface area contributed by atoms with Crippen molar-refractivity contribution in [3.63, 3.8) is 0 Å². The van der Waals surface area contributed by atoms with Crippen LogP contribution >= 0.6 is 23.2 Å². The van der Waals surface area contributed by atoms with E-state index in [0.29, 0.717) is 0 Å². The van der Waals surface area contributed by atoms with Gasteiger partial charge in [0.15, 0.2) is 6.61 Å². The number of nitro benzene ring substituents is 1. The summed E-state index contributed by atoms with van der Waals surface area (Å²) in [7, 11) is 0. The summed E-state index contributed by atoms with van der Waals surface area (Å²) in [5.74, 6) is -2.15. The molecule has 0 aliphatic rings. The Morgan fingerprint density at radius 3 is 2.44 bits per heavy atom. The number of aromatic hydroxyl groups is 1. The normalized spacial score (nSPS) is 10.2. The number of esters is 1. The Morgan fingerprint density at radius 2 is 1.80 bits per heavy atom. The average molecular weight is 385 g/mol. The molecule has 25 heavy (non-hydrogen) atoms. The van der Waals surface area contributed by atoms with E-state index < -0.39 is 34.8 Å². The summed E-state index contributed by atoms with van der Waals surface area (Å²) in [6.45, 7) is -0.708. The number of phenols is 1. The van der Waals surface area contributed by atoms with E-state index in [1.165, 1.54) is 24.3 Å². The number of halogens is 2.